The molecule has 3 aromatic carbocycles. The number of H-pyrrole nitrogens is 1. The third kappa shape index (κ3) is 3.65. The molecule has 0 saturated heterocycles. The Morgan fingerprint density at radius 2 is 1.82 bits per heavy atom. The van der Waals surface area contributed by atoms with E-state index in [1.807, 2.05) is 0 Å². The lowest BCUT2D eigenvalue weighted by atomic mass is 9.98. The third-order valence-corrected chi connectivity index (χ3v) is 5.86. The van der Waals surface area contributed by atoms with E-state index in [4.69, 9.17) is 9.47 Å². The van der Waals surface area contributed by atoms with Gasteiger partial charge in [0.15, 0.2) is 11.5 Å². The number of carbonyl (C=O) groups is 1. The number of aromatic hydroxyl groups is 1. The van der Waals surface area contributed by atoms with Gasteiger partial charge in [0.25, 0.3) is 5.91 Å². The summed E-state index contributed by atoms with van der Waals surface area (Å²) >= 11 is 0. The minimum Gasteiger partial charge on any atom is -0.502 e. The number of aromatic nitrogens is 2. The van der Waals surface area contributed by atoms with E-state index in [1.165, 1.54) is 36.9 Å². The van der Waals surface area contributed by atoms with E-state index in [2.05, 4.69) is 51.1 Å². The summed E-state index contributed by atoms with van der Waals surface area (Å²) < 4.78 is 10.3. The number of hydrogen-bond donors (Lipinski definition) is 3. The van der Waals surface area contributed by atoms with Crippen molar-refractivity contribution in [3.05, 3.63) is 70.9 Å². The molecule has 3 N–H and O–H groups in total. The number of benzene rings is 3. The van der Waals surface area contributed by atoms with Crippen LogP contribution in [0.2, 0.25) is 0 Å². The molecule has 1 aliphatic rings. The molecule has 166 valence electrons. The molecule has 0 radical (unpaired) electrons. The van der Waals surface area contributed by atoms with Crippen LogP contribution < -0.4 is 14.9 Å². The van der Waals surface area contributed by atoms with E-state index in [-0.39, 0.29) is 17.2 Å². The Bertz CT molecular complexity index is 1370. The van der Waals surface area contributed by atoms with Gasteiger partial charge in [-0.3, -0.25) is 9.89 Å². The fourth-order valence-corrected chi connectivity index (χ4v) is 4.26. The van der Waals surface area contributed by atoms with Crippen LogP contribution >= 0.6 is 0 Å². The first-order chi connectivity index (χ1) is 16.1. The highest BCUT2D eigenvalue weighted by Crippen LogP contribution is 2.37. The van der Waals surface area contributed by atoms with E-state index < -0.39 is 5.91 Å². The number of methoxy groups -OCH3 is 2. The number of aryl methyl sites for hydroxylation is 2. The second kappa shape index (κ2) is 8.31. The second-order valence-corrected chi connectivity index (χ2v) is 7.75. The summed E-state index contributed by atoms with van der Waals surface area (Å²) in [4.78, 5) is 12.6. The van der Waals surface area contributed by atoms with Crippen molar-refractivity contribution in [1.82, 2.24) is 15.6 Å². The number of carbonyl (C=O) groups excluding carboxylic acids is 1. The van der Waals surface area contributed by atoms with Crippen LogP contribution in [0.25, 0.3) is 22.0 Å². The van der Waals surface area contributed by atoms with Gasteiger partial charge in [-0.25, -0.2) is 5.43 Å². The molecule has 5 rings (SSSR count). The summed E-state index contributed by atoms with van der Waals surface area (Å²) in [7, 11) is 2.88. The second-order valence-electron chi connectivity index (χ2n) is 7.75. The molecule has 1 amide bonds. The summed E-state index contributed by atoms with van der Waals surface area (Å²) in [6.07, 6.45) is 3.55. The minimum absolute atomic E-state index is 0.103. The highest BCUT2D eigenvalue weighted by Gasteiger charge is 2.18. The van der Waals surface area contributed by atoms with Gasteiger partial charge in [0, 0.05) is 11.1 Å². The highest BCUT2D eigenvalue weighted by molar-refractivity contribution is 6.02. The lowest BCUT2D eigenvalue weighted by Crippen LogP contribution is -2.18. The van der Waals surface area contributed by atoms with Gasteiger partial charge in [0.05, 0.1) is 26.1 Å². The highest BCUT2D eigenvalue weighted by atomic mass is 16.5. The van der Waals surface area contributed by atoms with E-state index in [9.17, 15) is 9.90 Å². The lowest BCUT2D eigenvalue weighted by molar-refractivity contribution is 0.0950. The number of amides is 1. The number of ether oxygens (including phenoxy) is 2. The first-order valence-electron chi connectivity index (χ1n) is 10.5. The molecule has 0 spiro atoms. The molecule has 0 saturated carbocycles. The molecule has 1 aromatic heterocycles. The van der Waals surface area contributed by atoms with Crippen LogP contribution in [0, 0.1) is 0 Å². The predicted octanol–water partition coefficient (Wildman–Crippen LogP) is 3.82. The summed E-state index contributed by atoms with van der Waals surface area (Å²) in [5.74, 6) is -0.0424. The Morgan fingerprint density at radius 3 is 2.55 bits per heavy atom. The topological polar surface area (TPSA) is 109 Å². The van der Waals surface area contributed by atoms with E-state index in [1.54, 1.807) is 18.2 Å². The fourth-order valence-electron chi connectivity index (χ4n) is 4.26. The average Bonchev–Trinajstić information content (AvgIpc) is 3.49. The van der Waals surface area contributed by atoms with Crippen molar-refractivity contribution in [1.29, 1.82) is 0 Å². The molecular formula is C25H22N4O4. The van der Waals surface area contributed by atoms with Gasteiger partial charge in [-0.15, -0.1) is 0 Å². The summed E-state index contributed by atoms with van der Waals surface area (Å²) in [5.41, 5.74) is 7.76. The Balaban J connectivity index is 1.36. The van der Waals surface area contributed by atoms with E-state index in [0.717, 1.165) is 23.8 Å². The van der Waals surface area contributed by atoms with Crippen molar-refractivity contribution in [2.45, 2.75) is 12.8 Å². The smallest absolute Gasteiger partial charge is 0.289 e. The van der Waals surface area contributed by atoms with Crippen LogP contribution in [-0.2, 0) is 12.8 Å². The lowest BCUT2D eigenvalue weighted by Gasteiger charge is -2.09. The number of phenolic OH excluding ortho intramolecular Hbond substituents is 1. The van der Waals surface area contributed by atoms with E-state index in [0.29, 0.717) is 17.0 Å². The van der Waals surface area contributed by atoms with Gasteiger partial charge in [-0.2, -0.15) is 10.2 Å². The van der Waals surface area contributed by atoms with Crippen molar-refractivity contribution in [3.8, 4) is 28.5 Å². The predicted molar refractivity (Wildman–Crippen MR) is 125 cm³/mol. The maximum Gasteiger partial charge on any atom is 0.289 e. The molecular weight excluding hydrogens is 420 g/mol. The van der Waals surface area contributed by atoms with Gasteiger partial charge in [-0.05, 0) is 52.9 Å². The average molecular weight is 442 g/mol. The standard InChI is InChI=1S/C25H22N4O4/c1-32-21-10-14(11-22(33-2)24(21)30)13-26-29-25(31)20-12-19(27-28-20)17-9-8-16-7-6-15-4-3-5-18(17)23(15)16/h3-5,8-13,30H,6-7H2,1-2H3,(H,27,28)(H,29,31). The molecule has 8 nitrogen and oxygen atoms in total. The maximum atomic E-state index is 12.6. The molecule has 0 fully saturated rings. The molecule has 0 unspecified atom stereocenters. The normalized spacial score (nSPS) is 12.4. The number of phenols is 1. The molecule has 1 aliphatic carbocycles. The number of hydrogen-bond acceptors (Lipinski definition) is 6. The van der Waals surface area contributed by atoms with Crippen LogP contribution in [0.15, 0.2) is 53.6 Å². The summed E-state index contributed by atoms with van der Waals surface area (Å²) in [6.45, 7) is 0. The summed E-state index contributed by atoms with van der Waals surface area (Å²) in [5, 5.41) is 23.6. The monoisotopic (exact) mass is 442 g/mol. The van der Waals surface area contributed by atoms with Crippen LogP contribution in [0.1, 0.15) is 27.2 Å². The van der Waals surface area contributed by atoms with E-state index >= 15 is 0 Å². The van der Waals surface area contributed by atoms with Crippen molar-refractivity contribution in [2.24, 2.45) is 5.10 Å². The third-order valence-electron chi connectivity index (χ3n) is 5.86. The largest absolute Gasteiger partial charge is 0.502 e. The van der Waals surface area contributed by atoms with Crippen LogP contribution in [0.5, 0.6) is 17.2 Å². The van der Waals surface area contributed by atoms with Gasteiger partial charge >= 0.3 is 0 Å². The molecule has 1 heterocycles. The Hall–Kier alpha value is -4.33. The number of rotatable bonds is 6. The van der Waals surface area contributed by atoms with Crippen LogP contribution in [0.4, 0.5) is 0 Å². The molecule has 4 aromatic rings. The van der Waals surface area contributed by atoms with Crippen molar-refractivity contribution >= 4 is 22.9 Å². The number of hydrazone groups is 1. The quantitative estimate of drug-likeness (QED) is 0.311. The Labute approximate surface area is 189 Å². The van der Waals surface area contributed by atoms with Crippen molar-refractivity contribution in [2.75, 3.05) is 14.2 Å². The van der Waals surface area contributed by atoms with Gasteiger partial charge in [-0.1, -0.05) is 30.3 Å². The zero-order valence-corrected chi connectivity index (χ0v) is 18.2. The molecule has 0 aliphatic heterocycles. The molecule has 33 heavy (non-hydrogen) atoms. The molecule has 0 atom stereocenters. The number of aromatic amines is 1. The zero-order valence-electron chi connectivity index (χ0n) is 18.2. The number of nitrogens with zero attached hydrogens (tertiary/aromatic N) is 2. The Morgan fingerprint density at radius 1 is 1.09 bits per heavy atom. The van der Waals surface area contributed by atoms with Gasteiger partial charge in [0.1, 0.15) is 5.69 Å². The summed E-state index contributed by atoms with van der Waals surface area (Å²) in [6, 6.07) is 15.4. The van der Waals surface area contributed by atoms with Crippen molar-refractivity contribution in [3.63, 3.8) is 0 Å². The molecule has 8 heteroatoms. The zero-order chi connectivity index (χ0) is 22.9. The van der Waals surface area contributed by atoms with Crippen LogP contribution in [-0.4, -0.2) is 41.6 Å². The van der Waals surface area contributed by atoms with Gasteiger partial charge in [0.2, 0.25) is 5.75 Å². The SMILES string of the molecule is COc1cc(C=NNC(=O)c2cc(-c3ccc4c5c(cccc35)CC4)n[nH]2)cc(OC)c1O. The Kier molecular flexibility index (Phi) is 5.18. The van der Waals surface area contributed by atoms with Crippen LogP contribution in [0.3, 0.4) is 0 Å². The van der Waals surface area contributed by atoms with Gasteiger partial charge < -0.3 is 14.6 Å². The minimum atomic E-state index is -0.423. The fraction of sp³-hybridized carbons (Fsp3) is 0.160. The van der Waals surface area contributed by atoms with Crippen molar-refractivity contribution < 1.29 is 19.4 Å². The molecule has 0 bridgehead atoms. The number of nitrogens with one attached hydrogen (secondary N) is 2. The first-order valence-corrected chi connectivity index (χ1v) is 10.5. The maximum absolute atomic E-state index is 12.6. The first kappa shape index (κ1) is 20.6.